The Balaban J connectivity index is 2.08. The first kappa shape index (κ1) is 16.3. The molecule has 6 nitrogen and oxygen atoms in total. The molecule has 0 aliphatic carbocycles. The van der Waals surface area contributed by atoms with Crippen molar-refractivity contribution in [3.63, 3.8) is 0 Å². The molecule has 1 heterocycles. The quantitative estimate of drug-likeness (QED) is 0.659. The first-order chi connectivity index (χ1) is 11.9. The number of carbonyl (C=O) groups is 2. The van der Waals surface area contributed by atoms with Gasteiger partial charge < -0.3 is 16.4 Å². The summed E-state index contributed by atoms with van der Waals surface area (Å²) in [7, 11) is 0. The Hall–Kier alpha value is -3.59. The molecule has 6 heteroatoms. The Morgan fingerprint density at radius 3 is 2.76 bits per heavy atom. The smallest absolute Gasteiger partial charge is 0.256 e. The number of nitrogens with zero attached hydrogens (tertiary/aromatic N) is 2. The van der Waals surface area contributed by atoms with E-state index < -0.39 is 5.91 Å². The van der Waals surface area contributed by atoms with Gasteiger partial charge in [0.05, 0.1) is 18.2 Å². The summed E-state index contributed by atoms with van der Waals surface area (Å²) in [5.41, 5.74) is 15.2. The van der Waals surface area contributed by atoms with Crippen LogP contribution in [0.1, 0.15) is 26.3 Å². The predicted molar refractivity (Wildman–Crippen MR) is 94.3 cm³/mol. The van der Waals surface area contributed by atoms with Crippen LogP contribution in [0.15, 0.2) is 48.6 Å². The van der Waals surface area contributed by atoms with Gasteiger partial charge in [0.1, 0.15) is 0 Å². The van der Waals surface area contributed by atoms with Crippen LogP contribution in [-0.4, -0.2) is 23.3 Å². The highest BCUT2D eigenvalue weighted by molar-refractivity contribution is 6.05. The molecule has 0 aromatic heterocycles. The lowest BCUT2D eigenvalue weighted by Crippen LogP contribution is -2.26. The molecule has 1 aliphatic rings. The van der Waals surface area contributed by atoms with Gasteiger partial charge >= 0.3 is 0 Å². The van der Waals surface area contributed by atoms with Crippen molar-refractivity contribution in [2.24, 2.45) is 5.73 Å². The zero-order valence-corrected chi connectivity index (χ0v) is 13.5. The molecule has 25 heavy (non-hydrogen) atoms. The van der Waals surface area contributed by atoms with Gasteiger partial charge in [0, 0.05) is 23.4 Å². The summed E-state index contributed by atoms with van der Waals surface area (Å²) in [6.45, 7) is 4.12. The van der Waals surface area contributed by atoms with Crippen molar-refractivity contribution in [3.8, 4) is 17.2 Å². The number of fused-ring (bicyclic) bond motifs is 1. The molecular formula is C19H16N4O2. The first-order valence-corrected chi connectivity index (χ1v) is 7.61. The fourth-order valence-corrected chi connectivity index (χ4v) is 3.01. The summed E-state index contributed by atoms with van der Waals surface area (Å²) in [5.74, 6) is -0.742. The number of carbonyl (C=O) groups excluding carboxylic acids is 2. The highest BCUT2D eigenvalue weighted by Crippen LogP contribution is 2.36. The molecule has 4 N–H and O–H groups in total. The second kappa shape index (κ2) is 6.13. The van der Waals surface area contributed by atoms with Crippen LogP contribution in [-0.2, 0) is 6.54 Å². The topological polar surface area (TPSA) is 113 Å². The molecular weight excluding hydrogens is 316 g/mol. The maximum atomic E-state index is 12.6. The maximum absolute atomic E-state index is 12.6. The molecule has 3 rings (SSSR count). The number of nitrogens with two attached hydrogens (primary N) is 2. The van der Waals surface area contributed by atoms with Crippen LogP contribution in [0.3, 0.4) is 0 Å². The lowest BCUT2D eigenvalue weighted by atomic mass is 9.94. The summed E-state index contributed by atoms with van der Waals surface area (Å²) in [6.07, 6.45) is 0. The van der Waals surface area contributed by atoms with Crippen LogP contribution in [0.25, 0.3) is 11.1 Å². The van der Waals surface area contributed by atoms with Crippen molar-refractivity contribution in [2.75, 3.05) is 12.3 Å². The van der Waals surface area contributed by atoms with E-state index in [1.807, 2.05) is 18.2 Å². The molecule has 0 atom stereocenters. The third-order valence-corrected chi connectivity index (χ3v) is 4.19. The highest BCUT2D eigenvalue weighted by Gasteiger charge is 2.32. The number of hydrogen-bond donors (Lipinski definition) is 2. The van der Waals surface area contributed by atoms with E-state index >= 15 is 0 Å². The Bertz CT molecular complexity index is 956. The van der Waals surface area contributed by atoms with Crippen LogP contribution in [0.2, 0.25) is 0 Å². The van der Waals surface area contributed by atoms with Gasteiger partial charge in [0.2, 0.25) is 5.91 Å². The van der Waals surface area contributed by atoms with E-state index in [1.165, 1.54) is 4.90 Å². The minimum Gasteiger partial charge on any atom is -0.398 e. The van der Waals surface area contributed by atoms with Crippen molar-refractivity contribution < 1.29 is 9.59 Å². The molecule has 0 spiro atoms. The Morgan fingerprint density at radius 2 is 2.08 bits per heavy atom. The standard InChI is InChI=1S/C19H16N4O2/c1-11(8-20)9-23-10-15-14(5-6-16(21)17(15)19(23)25)12-3-2-4-13(7-12)18(22)24/h2-7H,1,9-10,21H2,(H2,22,24). The van der Waals surface area contributed by atoms with E-state index in [9.17, 15) is 9.59 Å². The van der Waals surface area contributed by atoms with E-state index in [0.29, 0.717) is 28.9 Å². The van der Waals surface area contributed by atoms with Crippen LogP contribution in [0, 0.1) is 11.3 Å². The molecule has 0 unspecified atom stereocenters. The Labute approximate surface area is 145 Å². The van der Waals surface area contributed by atoms with Crippen molar-refractivity contribution in [2.45, 2.75) is 6.54 Å². The largest absolute Gasteiger partial charge is 0.398 e. The van der Waals surface area contributed by atoms with Gasteiger partial charge in [-0.15, -0.1) is 0 Å². The molecule has 0 saturated heterocycles. The van der Waals surface area contributed by atoms with E-state index in [-0.39, 0.29) is 12.5 Å². The Morgan fingerprint density at radius 1 is 1.32 bits per heavy atom. The number of amides is 2. The van der Waals surface area contributed by atoms with Gasteiger partial charge in [-0.3, -0.25) is 9.59 Å². The van der Waals surface area contributed by atoms with E-state index in [1.54, 1.807) is 24.3 Å². The van der Waals surface area contributed by atoms with Crippen molar-refractivity contribution in [1.82, 2.24) is 4.90 Å². The van der Waals surface area contributed by atoms with Gasteiger partial charge in [0.15, 0.2) is 0 Å². The zero-order valence-electron chi connectivity index (χ0n) is 13.5. The highest BCUT2D eigenvalue weighted by atomic mass is 16.2. The average molecular weight is 332 g/mol. The maximum Gasteiger partial charge on any atom is 0.256 e. The van der Waals surface area contributed by atoms with Crippen molar-refractivity contribution >= 4 is 17.5 Å². The second-order valence-electron chi connectivity index (χ2n) is 5.88. The van der Waals surface area contributed by atoms with E-state index in [0.717, 1.165) is 16.7 Å². The number of nitrogen functional groups attached to an aromatic ring is 1. The molecule has 2 amide bonds. The van der Waals surface area contributed by atoms with Crippen LogP contribution in [0.4, 0.5) is 5.69 Å². The average Bonchev–Trinajstić information content (AvgIpc) is 2.92. The lowest BCUT2D eigenvalue weighted by Gasteiger charge is -2.14. The van der Waals surface area contributed by atoms with Gasteiger partial charge in [-0.25, -0.2) is 0 Å². The van der Waals surface area contributed by atoms with E-state index in [4.69, 9.17) is 16.7 Å². The summed E-state index contributed by atoms with van der Waals surface area (Å²) < 4.78 is 0. The predicted octanol–water partition coefficient (Wildman–Crippen LogP) is 2.07. The van der Waals surface area contributed by atoms with Crippen LogP contribution >= 0.6 is 0 Å². The van der Waals surface area contributed by atoms with Crippen molar-refractivity contribution in [1.29, 1.82) is 5.26 Å². The minimum atomic E-state index is -0.517. The fourth-order valence-electron chi connectivity index (χ4n) is 3.01. The monoisotopic (exact) mass is 332 g/mol. The molecule has 1 aliphatic heterocycles. The first-order valence-electron chi connectivity index (χ1n) is 7.61. The third kappa shape index (κ3) is 2.83. The Kier molecular flexibility index (Phi) is 3.99. The van der Waals surface area contributed by atoms with E-state index in [2.05, 4.69) is 6.58 Å². The van der Waals surface area contributed by atoms with Gasteiger partial charge in [0.25, 0.3) is 5.91 Å². The fraction of sp³-hybridized carbons (Fsp3) is 0.105. The zero-order chi connectivity index (χ0) is 18.1. The molecule has 0 fully saturated rings. The summed E-state index contributed by atoms with van der Waals surface area (Å²) in [5, 5.41) is 8.91. The van der Waals surface area contributed by atoms with Crippen LogP contribution in [0.5, 0.6) is 0 Å². The molecule has 0 radical (unpaired) electrons. The molecule has 0 bridgehead atoms. The summed E-state index contributed by atoms with van der Waals surface area (Å²) >= 11 is 0. The summed E-state index contributed by atoms with van der Waals surface area (Å²) in [4.78, 5) is 25.6. The van der Waals surface area contributed by atoms with Gasteiger partial charge in [-0.1, -0.05) is 24.8 Å². The minimum absolute atomic E-state index is 0.157. The molecule has 0 saturated carbocycles. The van der Waals surface area contributed by atoms with Crippen molar-refractivity contribution in [3.05, 3.63) is 65.2 Å². The number of nitriles is 1. The van der Waals surface area contributed by atoms with Gasteiger partial charge in [-0.2, -0.15) is 5.26 Å². The second-order valence-corrected chi connectivity index (χ2v) is 5.88. The summed E-state index contributed by atoms with van der Waals surface area (Å²) in [6, 6.07) is 12.4. The molecule has 2 aromatic carbocycles. The third-order valence-electron chi connectivity index (χ3n) is 4.19. The number of anilines is 1. The molecule has 2 aromatic rings. The SMILES string of the molecule is C=C(C#N)CN1Cc2c(-c3cccc(C(N)=O)c3)ccc(N)c2C1=O. The normalized spacial score (nSPS) is 12.6. The number of hydrogen-bond acceptors (Lipinski definition) is 4. The van der Waals surface area contributed by atoms with Crippen LogP contribution < -0.4 is 11.5 Å². The molecule has 124 valence electrons. The number of primary amides is 1. The van der Waals surface area contributed by atoms with Gasteiger partial charge in [-0.05, 0) is 34.9 Å². The number of rotatable bonds is 4. The lowest BCUT2D eigenvalue weighted by molar-refractivity contribution is 0.0794. The number of benzene rings is 2.